The zero-order valence-corrected chi connectivity index (χ0v) is 21.8. The SMILES string of the molecule is CC(C)(C)OC(=O)NC(CCN(CCCCc1ccc2c(n1)NCCC2)CCOCC(F)(F)F)C(=O)O. The fourth-order valence-corrected chi connectivity index (χ4v) is 3.89. The largest absolute Gasteiger partial charge is 0.480 e. The number of aryl methyl sites for hydroxylation is 2. The molecule has 0 radical (unpaired) electrons. The number of carbonyl (C=O) groups is 2. The molecule has 1 aliphatic heterocycles. The molecule has 2 heterocycles. The molecule has 0 spiro atoms. The topological polar surface area (TPSA) is 113 Å². The number of pyridine rings is 1. The Morgan fingerprint density at radius 1 is 1.19 bits per heavy atom. The highest BCUT2D eigenvalue weighted by molar-refractivity contribution is 5.80. The first-order valence-corrected chi connectivity index (χ1v) is 12.6. The van der Waals surface area contributed by atoms with Gasteiger partial charge in [-0.1, -0.05) is 6.07 Å². The van der Waals surface area contributed by atoms with Crippen LogP contribution in [0, 0.1) is 0 Å². The minimum Gasteiger partial charge on any atom is -0.480 e. The van der Waals surface area contributed by atoms with Gasteiger partial charge in [0.25, 0.3) is 0 Å². The number of anilines is 1. The van der Waals surface area contributed by atoms with Gasteiger partial charge in [0.05, 0.1) is 6.61 Å². The smallest absolute Gasteiger partial charge is 0.411 e. The van der Waals surface area contributed by atoms with E-state index < -0.39 is 36.5 Å². The minimum absolute atomic E-state index is 0.0614. The van der Waals surface area contributed by atoms with Gasteiger partial charge in [-0.25, -0.2) is 14.6 Å². The third-order valence-electron chi connectivity index (χ3n) is 5.65. The molecule has 0 saturated carbocycles. The zero-order valence-electron chi connectivity index (χ0n) is 21.8. The van der Waals surface area contributed by atoms with E-state index in [1.54, 1.807) is 20.8 Å². The number of carboxylic acid groups (broad SMARTS) is 1. The Balaban J connectivity index is 1.87. The summed E-state index contributed by atoms with van der Waals surface area (Å²) in [6.07, 6.45) is -0.780. The summed E-state index contributed by atoms with van der Waals surface area (Å²) in [6.45, 7) is 5.43. The van der Waals surface area contributed by atoms with Gasteiger partial charge < -0.3 is 30.1 Å². The van der Waals surface area contributed by atoms with Crippen LogP contribution < -0.4 is 10.6 Å². The number of unbranched alkanes of at least 4 members (excludes halogenated alkanes) is 1. The molecule has 2 rings (SSSR count). The van der Waals surface area contributed by atoms with Crippen molar-refractivity contribution in [3.05, 3.63) is 23.4 Å². The van der Waals surface area contributed by atoms with Crippen LogP contribution in [0.1, 0.15) is 57.7 Å². The van der Waals surface area contributed by atoms with E-state index in [0.29, 0.717) is 6.54 Å². The number of fused-ring (bicyclic) bond motifs is 1. The second kappa shape index (κ2) is 14.4. The molecule has 37 heavy (non-hydrogen) atoms. The number of hydrogen-bond acceptors (Lipinski definition) is 7. The Morgan fingerprint density at radius 2 is 1.95 bits per heavy atom. The molecule has 1 amide bonds. The fourth-order valence-electron chi connectivity index (χ4n) is 3.89. The molecule has 210 valence electrons. The van der Waals surface area contributed by atoms with Gasteiger partial charge in [0.15, 0.2) is 0 Å². The third kappa shape index (κ3) is 13.0. The average molecular weight is 533 g/mol. The van der Waals surface area contributed by atoms with Crippen LogP contribution in [-0.2, 0) is 27.1 Å². The molecule has 0 bridgehead atoms. The van der Waals surface area contributed by atoms with E-state index in [2.05, 4.69) is 21.7 Å². The maximum atomic E-state index is 12.4. The van der Waals surface area contributed by atoms with Gasteiger partial charge in [0.2, 0.25) is 0 Å². The summed E-state index contributed by atoms with van der Waals surface area (Å²) in [5, 5.41) is 15.2. The van der Waals surface area contributed by atoms with Gasteiger partial charge >= 0.3 is 18.2 Å². The summed E-state index contributed by atoms with van der Waals surface area (Å²) in [5.41, 5.74) is 1.41. The lowest BCUT2D eigenvalue weighted by molar-refractivity contribution is -0.174. The van der Waals surface area contributed by atoms with Crippen LogP contribution in [0.4, 0.5) is 23.8 Å². The van der Waals surface area contributed by atoms with Crippen molar-refractivity contribution >= 4 is 17.9 Å². The van der Waals surface area contributed by atoms with Gasteiger partial charge in [0.1, 0.15) is 24.1 Å². The molecule has 9 nitrogen and oxygen atoms in total. The Hall–Kier alpha value is -2.60. The van der Waals surface area contributed by atoms with Crippen molar-refractivity contribution in [2.75, 3.05) is 44.7 Å². The highest BCUT2D eigenvalue weighted by Gasteiger charge is 2.28. The number of hydrogen-bond donors (Lipinski definition) is 3. The predicted molar refractivity (Wildman–Crippen MR) is 133 cm³/mol. The summed E-state index contributed by atoms with van der Waals surface area (Å²) in [6, 6.07) is 2.92. The number of alkyl carbamates (subject to hydrolysis) is 1. The molecule has 1 aromatic heterocycles. The molecule has 1 aromatic rings. The second-order valence-electron chi connectivity index (χ2n) is 10.1. The zero-order chi connectivity index (χ0) is 27.5. The number of nitrogens with zero attached hydrogens (tertiary/aromatic N) is 2. The highest BCUT2D eigenvalue weighted by Crippen LogP contribution is 2.20. The van der Waals surface area contributed by atoms with Crippen molar-refractivity contribution in [2.24, 2.45) is 0 Å². The van der Waals surface area contributed by atoms with E-state index in [4.69, 9.17) is 9.47 Å². The lowest BCUT2D eigenvalue weighted by atomic mass is 10.1. The predicted octanol–water partition coefficient (Wildman–Crippen LogP) is 4.01. The molecular formula is C25H39F3N4O5. The van der Waals surface area contributed by atoms with Crippen LogP contribution in [0.5, 0.6) is 0 Å². The quantitative estimate of drug-likeness (QED) is 0.308. The summed E-state index contributed by atoms with van der Waals surface area (Å²) in [5.74, 6) is -0.282. The summed E-state index contributed by atoms with van der Waals surface area (Å²) in [4.78, 5) is 30.2. The fraction of sp³-hybridized carbons (Fsp3) is 0.720. The number of aromatic nitrogens is 1. The maximum absolute atomic E-state index is 12.4. The van der Waals surface area contributed by atoms with E-state index in [9.17, 15) is 27.9 Å². The number of nitrogens with one attached hydrogen (secondary N) is 2. The number of alkyl halides is 3. The summed E-state index contributed by atoms with van der Waals surface area (Å²) in [7, 11) is 0. The average Bonchev–Trinajstić information content (AvgIpc) is 2.79. The molecule has 12 heteroatoms. The van der Waals surface area contributed by atoms with Crippen LogP contribution in [0.25, 0.3) is 0 Å². The monoisotopic (exact) mass is 532 g/mol. The van der Waals surface area contributed by atoms with Crippen LogP contribution in [0.3, 0.4) is 0 Å². The Morgan fingerprint density at radius 3 is 2.62 bits per heavy atom. The van der Waals surface area contributed by atoms with Gasteiger partial charge in [0, 0.05) is 25.3 Å². The van der Waals surface area contributed by atoms with Crippen LogP contribution in [0.2, 0.25) is 0 Å². The molecule has 0 aromatic carbocycles. The molecular weight excluding hydrogens is 493 g/mol. The number of aliphatic carboxylic acids is 1. The first-order chi connectivity index (χ1) is 17.3. The third-order valence-corrected chi connectivity index (χ3v) is 5.65. The lowest BCUT2D eigenvalue weighted by Crippen LogP contribution is -2.45. The second-order valence-corrected chi connectivity index (χ2v) is 10.1. The van der Waals surface area contributed by atoms with Crippen LogP contribution >= 0.6 is 0 Å². The van der Waals surface area contributed by atoms with Gasteiger partial charge in [-0.15, -0.1) is 0 Å². The van der Waals surface area contributed by atoms with Crippen molar-refractivity contribution in [3.63, 3.8) is 0 Å². The number of carboxylic acids is 1. The van der Waals surface area contributed by atoms with Gasteiger partial charge in [-0.2, -0.15) is 13.2 Å². The number of amides is 1. The first kappa shape index (κ1) is 30.6. The van der Waals surface area contributed by atoms with E-state index >= 15 is 0 Å². The Kier molecular flexibility index (Phi) is 11.9. The van der Waals surface area contributed by atoms with E-state index in [1.807, 2.05) is 11.0 Å². The van der Waals surface area contributed by atoms with Gasteiger partial charge in [-0.05, 0) is 77.5 Å². The molecule has 1 aliphatic rings. The molecule has 3 N–H and O–H groups in total. The lowest BCUT2D eigenvalue weighted by Gasteiger charge is -2.25. The Labute approximate surface area is 216 Å². The number of halogens is 3. The van der Waals surface area contributed by atoms with Crippen molar-refractivity contribution < 1.29 is 37.3 Å². The molecule has 0 fully saturated rings. The number of carbonyl (C=O) groups excluding carboxylic acids is 1. The van der Waals surface area contributed by atoms with E-state index in [0.717, 1.165) is 50.2 Å². The van der Waals surface area contributed by atoms with Crippen molar-refractivity contribution in [1.82, 2.24) is 15.2 Å². The first-order valence-electron chi connectivity index (χ1n) is 12.6. The van der Waals surface area contributed by atoms with Crippen LogP contribution in [-0.4, -0.2) is 84.3 Å². The molecule has 1 atom stereocenters. The molecule has 1 unspecified atom stereocenters. The number of ether oxygens (including phenoxy) is 2. The van der Waals surface area contributed by atoms with E-state index in [-0.39, 0.29) is 26.1 Å². The van der Waals surface area contributed by atoms with Gasteiger partial charge in [-0.3, -0.25) is 0 Å². The highest BCUT2D eigenvalue weighted by atomic mass is 19.4. The van der Waals surface area contributed by atoms with Crippen LogP contribution in [0.15, 0.2) is 12.1 Å². The van der Waals surface area contributed by atoms with Crippen molar-refractivity contribution in [1.29, 1.82) is 0 Å². The Bertz CT molecular complexity index is 877. The molecule has 0 saturated heterocycles. The standard InChI is InChI=1S/C25H39F3N4O5/c1-24(2,3)37-23(35)31-20(22(33)34)11-14-32(15-16-36-17-25(26,27)28)13-5-4-8-19-10-9-18-7-6-12-29-21(18)30-19/h9-10,20H,4-8,11-17H2,1-3H3,(H,29,30)(H,31,35)(H,33,34). The summed E-state index contributed by atoms with van der Waals surface area (Å²) < 4.78 is 47.1. The number of rotatable bonds is 14. The minimum atomic E-state index is -4.41. The normalized spacial score (nSPS) is 14.6. The van der Waals surface area contributed by atoms with E-state index in [1.165, 1.54) is 5.56 Å². The molecule has 0 aliphatic carbocycles. The van der Waals surface area contributed by atoms with Crippen molar-refractivity contribution in [3.8, 4) is 0 Å². The summed E-state index contributed by atoms with van der Waals surface area (Å²) >= 11 is 0. The maximum Gasteiger partial charge on any atom is 0.411 e. The van der Waals surface area contributed by atoms with Crippen molar-refractivity contribution in [2.45, 2.75) is 77.1 Å².